The number of carboxylic acids is 1. The van der Waals surface area contributed by atoms with Gasteiger partial charge in [0.15, 0.2) is 0 Å². The lowest BCUT2D eigenvalue weighted by Crippen LogP contribution is -2.30. The summed E-state index contributed by atoms with van der Waals surface area (Å²) in [6.45, 7) is 2.02. The molecule has 2 amide bonds. The van der Waals surface area contributed by atoms with Gasteiger partial charge in [0, 0.05) is 11.6 Å². The maximum atomic E-state index is 11.8. The third kappa shape index (κ3) is 4.46. The van der Waals surface area contributed by atoms with Crippen molar-refractivity contribution < 1.29 is 14.7 Å². The highest BCUT2D eigenvalue weighted by Crippen LogP contribution is 2.21. The summed E-state index contributed by atoms with van der Waals surface area (Å²) in [6.07, 6.45) is 2.09. The van der Waals surface area contributed by atoms with Gasteiger partial charge in [-0.15, -0.1) is 0 Å². The molecule has 122 valence electrons. The molecule has 23 heavy (non-hydrogen) atoms. The van der Waals surface area contributed by atoms with Crippen molar-refractivity contribution >= 4 is 29.3 Å². The second kappa shape index (κ2) is 7.64. The van der Waals surface area contributed by atoms with E-state index >= 15 is 0 Å². The number of aromatic nitrogens is 2. The Morgan fingerprint density at radius 2 is 2.00 bits per heavy atom. The summed E-state index contributed by atoms with van der Waals surface area (Å²) < 4.78 is 1.73. The molecule has 3 N–H and O–H groups in total. The van der Waals surface area contributed by atoms with Crippen LogP contribution >= 0.6 is 11.6 Å². The van der Waals surface area contributed by atoms with Crippen molar-refractivity contribution in [2.45, 2.75) is 19.8 Å². The molecule has 0 radical (unpaired) electrons. The van der Waals surface area contributed by atoms with Crippen LogP contribution in [0.1, 0.15) is 19.0 Å². The first-order chi connectivity index (χ1) is 11.0. The average molecular weight is 337 g/mol. The van der Waals surface area contributed by atoms with Crippen molar-refractivity contribution in [2.75, 3.05) is 11.9 Å². The molecule has 0 bridgehead atoms. The molecule has 1 heterocycles. The highest BCUT2D eigenvalue weighted by Gasteiger charge is 2.13. The molecule has 0 aliphatic heterocycles. The van der Waals surface area contributed by atoms with Gasteiger partial charge in [0.2, 0.25) is 0 Å². The number of halogens is 1. The molecular weight excluding hydrogens is 320 g/mol. The van der Waals surface area contributed by atoms with E-state index in [-0.39, 0.29) is 13.0 Å². The minimum atomic E-state index is -0.963. The number of urea groups is 1. The Kier molecular flexibility index (Phi) is 5.59. The van der Waals surface area contributed by atoms with E-state index in [9.17, 15) is 9.59 Å². The fourth-order valence-corrected chi connectivity index (χ4v) is 2.20. The summed E-state index contributed by atoms with van der Waals surface area (Å²) in [4.78, 5) is 22.2. The third-order valence-corrected chi connectivity index (χ3v) is 3.40. The molecule has 0 fully saturated rings. The molecular formula is C15H17ClN4O3. The Labute approximate surface area is 138 Å². The summed E-state index contributed by atoms with van der Waals surface area (Å²) in [5.74, 6) is -0.963. The Balaban J connectivity index is 2.10. The zero-order chi connectivity index (χ0) is 16.8. The van der Waals surface area contributed by atoms with Gasteiger partial charge in [0.25, 0.3) is 0 Å². The number of nitrogens with zero attached hydrogens (tertiary/aromatic N) is 2. The third-order valence-electron chi connectivity index (χ3n) is 3.15. The standard InChI is InChI=1S/C15H17ClN4O3/c1-2-13-12(19-15(23)17-8-7-14(21)22)9-18-20(13)11-5-3-10(16)4-6-11/h3-6,9H,2,7-8H2,1H3,(H,21,22)(H2,17,19,23). The van der Waals surface area contributed by atoms with Crippen LogP contribution in [0.5, 0.6) is 0 Å². The van der Waals surface area contributed by atoms with Crippen molar-refractivity contribution in [1.29, 1.82) is 0 Å². The van der Waals surface area contributed by atoms with E-state index in [0.29, 0.717) is 17.1 Å². The fraction of sp³-hybridized carbons (Fsp3) is 0.267. The van der Waals surface area contributed by atoms with Gasteiger partial charge in [0.05, 0.1) is 29.7 Å². The largest absolute Gasteiger partial charge is 0.481 e. The maximum Gasteiger partial charge on any atom is 0.319 e. The highest BCUT2D eigenvalue weighted by atomic mass is 35.5. The number of carboxylic acid groups (broad SMARTS) is 1. The van der Waals surface area contributed by atoms with Gasteiger partial charge in [-0.05, 0) is 30.7 Å². The van der Waals surface area contributed by atoms with Crippen molar-refractivity contribution in [1.82, 2.24) is 15.1 Å². The lowest BCUT2D eigenvalue weighted by atomic mass is 10.2. The van der Waals surface area contributed by atoms with E-state index in [1.807, 2.05) is 19.1 Å². The van der Waals surface area contributed by atoms with Gasteiger partial charge in [-0.3, -0.25) is 4.79 Å². The zero-order valence-corrected chi connectivity index (χ0v) is 13.3. The maximum absolute atomic E-state index is 11.8. The Hall–Kier alpha value is -2.54. The van der Waals surface area contributed by atoms with Crippen LogP contribution in [0.4, 0.5) is 10.5 Å². The summed E-state index contributed by atoms with van der Waals surface area (Å²) in [5, 5.41) is 18.6. The number of hydrogen-bond donors (Lipinski definition) is 3. The highest BCUT2D eigenvalue weighted by molar-refractivity contribution is 6.30. The van der Waals surface area contributed by atoms with Gasteiger partial charge in [-0.1, -0.05) is 18.5 Å². The van der Waals surface area contributed by atoms with Gasteiger partial charge in [-0.25, -0.2) is 9.48 Å². The van der Waals surface area contributed by atoms with Gasteiger partial charge in [-0.2, -0.15) is 5.10 Å². The van der Waals surface area contributed by atoms with E-state index in [0.717, 1.165) is 11.4 Å². The molecule has 1 aromatic carbocycles. The molecule has 2 rings (SSSR count). The van der Waals surface area contributed by atoms with Crippen LogP contribution in [0.3, 0.4) is 0 Å². The van der Waals surface area contributed by atoms with E-state index in [4.69, 9.17) is 16.7 Å². The van der Waals surface area contributed by atoms with E-state index in [2.05, 4.69) is 15.7 Å². The summed E-state index contributed by atoms with van der Waals surface area (Å²) in [5.41, 5.74) is 2.25. The number of rotatable bonds is 6. The molecule has 0 spiro atoms. The van der Waals surface area contributed by atoms with E-state index < -0.39 is 12.0 Å². The topological polar surface area (TPSA) is 96.2 Å². The first-order valence-corrected chi connectivity index (χ1v) is 7.48. The molecule has 0 aliphatic carbocycles. The molecule has 0 aliphatic rings. The van der Waals surface area contributed by atoms with Crippen LogP contribution in [-0.4, -0.2) is 33.4 Å². The number of anilines is 1. The lowest BCUT2D eigenvalue weighted by molar-refractivity contribution is -0.136. The molecule has 0 unspecified atom stereocenters. The van der Waals surface area contributed by atoms with Crippen LogP contribution < -0.4 is 10.6 Å². The van der Waals surface area contributed by atoms with Gasteiger partial charge >= 0.3 is 12.0 Å². The van der Waals surface area contributed by atoms with Gasteiger partial charge < -0.3 is 15.7 Å². The second-order valence-electron chi connectivity index (χ2n) is 4.77. The smallest absolute Gasteiger partial charge is 0.319 e. The van der Waals surface area contributed by atoms with Gasteiger partial charge in [0.1, 0.15) is 0 Å². The van der Waals surface area contributed by atoms with E-state index in [1.165, 1.54) is 0 Å². The Bertz CT molecular complexity index is 697. The molecule has 0 saturated heterocycles. The normalized spacial score (nSPS) is 10.3. The Morgan fingerprint density at radius 3 is 2.61 bits per heavy atom. The molecule has 7 nitrogen and oxygen atoms in total. The SMILES string of the molecule is CCc1c(NC(=O)NCCC(=O)O)cnn1-c1ccc(Cl)cc1. The molecule has 8 heteroatoms. The summed E-state index contributed by atoms with van der Waals surface area (Å²) >= 11 is 5.88. The lowest BCUT2D eigenvalue weighted by Gasteiger charge is -2.09. The number of benzene rings is 1. The Morgan fingerprint density at radius 1 is 1.30 bits per heavy atom. The van der Waals surface area contributed by atoms with Crippen molar-refractivity contribution in [3.8, 4) is 5.69 Å². The average Bonchev–Trinajstić information content (AvgIpc) is 2.90. The number of amides is 2. The molecule has 0 saturated carbocycles. The van der Waals surface area contributed by atoms with Crippen molar-refractivity contribution in [3.05, 3.63) is 41.2 Å². The minimum absolute atomic E-state index is 0.0634. The monoisotopic (exact) mass is 336 g/mol. The predicted octanol–water partition coefficient (Wildman–Crippen LogP) is 2.68. The first kappa shape index (κ1) is 16.8. The van der Waals surface area contributed by atoms with Crippen LogP contribution in [0.15, 0.2) is 30.5 Å². The van der Waals surface area contributed by atoms with Crippen LogP contribution in [0.25, 0.3) is 5.69 Å². The van der Waals surface area contributed by atoms with Crippen LogP contribution in [-0.2, 0) is 11.2 Å². The zero-order valence-electron chi connectivity index (χ0n) is 12.5. The quantitative estimate of drug-likeness (QED) is 0.755. The van der Waals surface area contributed by atoms with Crippen molar-refractivity contribution in [2.24, 2.45) is 0 Å². The number of nitrogens with one attached hydrogen (secondary N) is 2. The first-order valence-electron chi connectivity index (χ1n) is 7.10. The fourth-order valence-electron chi connectivity index (χ4n) is 2.07. The molecule has 0 atom stereocenters. The minimum Gasteiger partial charge on any atom is -0.481 e. The van der Waals surface area contributed by atoms with E-state index in [1.54, 1.807) is 23.0 Å². The predicted molar refractivity (Wildman–Crippen MR) is 87.2 cm³/mol. The van der Waals surface area contributed by atoms with Crippen molar-refractivity contribution in [3.63, 3.8) is 0 Å². The summed E-state index contributed by atoms with van der Waals surface area (Å²) in [7, 11) is 0. The van der Waals surface area contributed by atoms with Crippen LogP contribution in [0, 0.1) is 0 Å². The number of carbonyl (C=O) groups is 2. The number of carbonyl (C=O) groups excluding carboxylic acids is 1. The number of hydrogen-bond acceptors (Lipinski definition) is 3. The number of aliphatic carboxylic acids is 1. The van der Waals surface area contributed by atoms with Crippen LogP contribution in [0.2, 0.25) is 5.02 Å². The molecule has 2 aromatic rings. The molecule has 1 aromatic heterocycles. The second-order valence-corrected chi connectivity index (χ2v) is 5.21. The summed E-state index contributed by atoms with van der Waals surface area (Å²) in [6, 6.07) is 6.75.